The second kappa shape index (κ2) is 6.17. The fourth-order valence-electron chi connectivity index (χ4n) is 0.982. The average Bonchev–Trinajstić information content (AvgIpc) is 2.26. The lowest BCUT2D eigenvalue weighted by molar-refractivity contribution is -0.385. The summed E-state index contributed by atoms with van der Waals surface area (Å²) in [5.41, 5.74) is -0.0640. The number of benzene rings is 1. The van der Waals surface area contributed by atoms with Gasteiger partial charge in [0.1, 0.15) is 16.8 Å². The van der Waals surface area contributed by atoms with Crippen molar-refractivity contribution in [1.29, 1.82) is 0 Å². The predicted octanol–water partition coefficient (Wildman–Crippen LogP) is 2.49. The maximum absolute atomic E-state index is 10.6. The van der Waals surface area contributed by atoms with Gasteiger partial charge in [0.25, 0.3) is 5.69 Å². The van der Waals surface area contributed by atoms with Crippen molar-refractivity contribution in [3.63, 3.8) is 0 Å². The minimum absolute atomic E-state index is 0.0640. The van der Waals surface area contributed by atoms with Gasteiger partial charge in [-0.25, -0.2) is 0 Å². The van der Waals surface area contributed by atoms with E-state index in [1.54, 1.807) is 6.07 Å². The molecule has 0 aliphatic heterocycles. The number of nitrogens with zero attached hydrogens (tertiary/aromatic N) is 1. The second-order valence-electron chi connectivity index (χ2n) is 2.97. The van der Waals surface area contributed by atoms with Crippen LogP contribution in [0.5, 0.6) is 5.75 Å². The normalized spacial score (nSPS) is 12.2. The Morgan fingerprint density at radius 3 is 2.81 bits per heavy atom. The van der Waals surface area contributed by atoms with Crippen LogP contribution in [0.1, 0.15) is 0 Å². The van der Waals surface area contributed by atoms with Gasteiger partial charge in [0.2, 0.25) is 0 Å². The van der Waals surface area contributed by atoms with E-state index in [9.17, 15) is 15.2 Å². The van der Waals surface area contributed by atoms with Crippen molar-refractivity contribution < 1.29 is 14.8 Å². The van der Waals surface area contributed by atoms with Crippen LogP contribution >= 0.6 is 31.9 Å². The third-order valence-corrected chi connectivity index (χ3v) is 3.29. The van der Waals surface area contributed by atoms with Crippen molar-refractivity contribution in [2.24, 2.45) is 0 Å². The Bertz CT molecular complexity index is 386. The van der Waals surface area contributed by atoms with E-state index in [1.165, 1.54) is 12.1 Å². The minimum atomic E-state index is -0.647. The van der Waals surface area contributed by atoms with E-state index >= 15 is 0 Å². The van der Waals surface area contributed by atoms with Crippen molar-refractivity contribution in [3.8, 4) is 5.75 Å². The maximum Gasteiger partial charge on any atom is 0.287 e. The third-order valence-electron chi connectivity index (χ3n) is 1.75. The first-order chi connectivity index (χ1) is 7.56. The molecule has 5 nitrogen and oxygen atoms in total. The first-order valence-electron chi connectivity index (χ1n) is 4.36. The molecule has 1 atom stereocenters. The maximum atomic E-state index is 10.6. The lowest BCUT2D eigenvalue weighted by Crippen LogP contribution is -2.18. The average molecular weight is 355 g/mol. The summed E-state index contributed by atoms with van der Waals surface area (Å²) in [6, 6.07) is 4.49. The molecule has 1 aromatic rings. The molecular formula is C9H9Br2NO4. The molecule has 16 heavy (non-hydrogen) atoms. The first kappa shape index (κ1) is 13.4. The molecule has 0 heterocycles. The summed E-state index contributed by atoms with van der Waals surface area (Å²) in [7, 11) is 0. The SMILES string of the molecule is O=[N+]([O-])c1cccc(OCC(O)CBr)c1Br. The smallest absolute Gasteiger partial charge is 0.287 e. The van der Waals surface area contributed by atoms with Crippen LogP contribution in [0.2, 0.25) is 0 Å². The highest BCUT2D eigenvalue weighted by atomic mass is 79.9. The zero-order valence-corrected chi connectivity index (χ0v) is 11.3. The van der Waals surface area contributed by atoms with Crippen LogP contribution in [0.15, 0.2) is 22.7 Å². The van der Waals surface area contributed by atoms with E-state index in [0.717, 1.165) is 0 Å². The Hall–Kier alpha value is -0.660. The lowest BCUT2D eigenvalue weighted by atomic mass is 10.3. The van der Waals surface area contributed by atoms with E-state index in [-0.39, 0.29) is 16.8 Å². The summed E-state index contributed by atoms with van der Waals surface area (Å²) in [5.74, 6) is 0.342. The van der Waals surface area contributed by atoms with Crippen LogP contribution in [-0.2, 0) is 0 Å². The van der Waals surface area contributed by atoms with E-state index < -0.39 is 11.0 Å². The van der Waals surface area contributed by atoms with Crippen LogP contribution in [0.25, 0.3) is 0 Å². The molecule has 0 saturated carbocycles. The first-order valence-corrected chi connectivity index (χ1v) is 6.27. The van der Waals surface area contributed by atoms with Gasteiger partial charge in [-0.3, -0.25) is 10.1 Å². The number of halogens is 2. The highest BCUT2D eigenvalue weighted by Gasteiger charge is 2.16. The molecule has 0 radical (unpaired) electrons. The van der Waals surface area contributed by atoms with Crippen molar-refractivity contribution >= 4 is 37.5 Å². The summed E-state index contributed by atoms with van der Waals surface area (Å²) >= 11 is 6.19. The van der Waals surface area contributed by atoms with E-state index in [1.807, 2.05) is 0 Å². The second-order valence-corrected chi connectivity index (χ2v) is 4.41. The molecule has 0 aromatic heterocycles. The molecule has 88 valence electrons. The summed E-state index contributed by atoms with van der Waals surface area (Å²) < 4.78 is 5.53. The van der Waals surface area contributed by atoms with Crippen LogP contribution in [0.3, 0.4) is 0 Å². The number of rotatable bonds is 5. The fraction of sp³-hybridized carbons (Fsp3) is 0.333. The molecule has 0 fully saturated rings. The number of nitro groups is 1. The molecule has 1 unspecified atom stereocenters. The summed E-state index contributed by atoms with van der Waals surface area (Å²) in [6.45, 7) is 0.0744. The largest absolute Gasteiger partial charge is 0.489 e. The lowest BCUT2D eigenvalue weighted by Gasteiger charge is -2.10. The van der Waals surface area contributed by atoms with Gasteiger partial charge in [-0.1, -0.05) is 22.0 Å². The van der Waals surface area contributed by atoms with Crippen LogP contribution < -0.4 is 4.74 Å². The molecule has 1 rings (SSSR count). The standard InChI is InChI=1S/C9H9Br2NO4/c10-4-6(13)5-16-8-3-1-2-7(9(8)11)12(14)15/h1-3,6,13H,4-5H2. The zero-order chi connectivity index (χ0) is 12.1. The Balaban J connectivity index is 2.81. The Kier molecular flexibility index (Phi) is 5.17. The number of hydrogen-bond acceptors (Lipinski definition) is 4. The predicted molar refractivity (Wildman–Crippen MR) is 66.1 cm³/mol. The zero-order valence-electron chi connectivity index (χ0n) is 8.10. The Morgan fingerprint density at radius 1 is 1.56 bits per heavy atom. The third kappa shape index (κ3) is 3.43. The highest BCUT2D eigenvalue weighted by molar-refractivity contribution is 9.10. The minimum Gasteiger partial charge on any atom is -0.489 e. The number of alkyl halides is 1. The van der Waals surface area contributed by atoms with Gasteiger partial charge in [0.15, 0.2) is 0 Å². The number of aliphatic hydroxyl groups is 1. The Morgan fingerprint density at radius 2 is 2.25 bits per heavy atom. The van der Waals surface area contributed by atoms with Crippen molar-refractivity contribution in [2.75, 3.05) is 11.9 Å². The molecule has 0 saturated heterocycles. The van der Waals surface area contributed by atoms with Crippen LogP contribution in [0.4, 0.5) is 5.69 Å². The highest BCUT2D eigenvalue weighted by Crippen LogP contribution is 2.33. The molecule has 0 aliphatic rings. The molecule has 0 spiro atoms. The molecule has 0 bridgehead atoms. The van der Waals surface area contributed by atoms with Gasteiger partial charge in [0, 0.05) is 11.4 Å². The quantitative estimate of drug-likeness (QED) is 0.501. The number of nitro benzene ring substituents is 1. The summed E-state index contributed by atoms with van der Waals surface area (Å²) in [5, 5.41) is 20.3. The van der Waals surface area contributed by atoms with Crippen molar-refractivity contribution in [2.45, 2.75) is 6.10 Å². The number of ether oxygens (including phenoxy) is 1. The van der Waals surface area contributed by atoms with Crippen molar-refractivity contribution in [1.82, 2.24) is 0 Å². The van der Waals surface area contributed by atoms with Gasteiger partial charge >= 0.3 is 0 Å². The summed E-state index contributed by atoms with van der Waals surface area (Å²) in [6.07, 6.45) is -0.647. The van der Waals surface area contributed by atoms with E-state index in [0.29, 0.717) is 11.1 Å². The van der Waals surface area contributed by atoms with Gasteiger partial charge in [-0.15, -0.1) is 0 Å². The fourth-order valence-corrected chi connectivity index (χ4v) is 1.69. The van der Waals surface area contributed by atoms with Crippen LogP contribution in [-0.4, -0.2) is 28.1 Å². The summed E-state index contributed by atoms with van der Waals surface area (Å²) in [4.78, 5) is 10.1. The number of aliphatic hydroxyl groups excluding tert-OH is 1. The monoisotopic (exact) mass is 353 g/mol. The topological polar surface area (TPSA) is 72.6 Å². The van der Waals surface area contributed by atoms with Crippen LogP contribution in [0, 0.1) is 10.1 Å². The molecular weight excluding hydrogens is 346 g/mol. The molecule has 7 heteroatoms. The Labute approximate surface area is 109 Å². The van der Waals surface area contributed by atoms with Gasteiger partial charge in [-0.2, -0.15) is 0 Å². The van der Waals surface area contributed by atoms with E-state index in [2.05, 4.69) is 31.9 Å². The molecule has 0 aliphatic carbocycles. The van der Waals surface area contributed by atoms with Gasteiger partial charge in [0.05, 0.1) is 11.0 Å². The van der Waals surface area contributed by atoms with Gasteiger partial charge < -0.3 is 9.84 Å². The molecule has 1 N–H and O–H groups in total. The number of hydrogen-bond donors (Lipinski definition) is 1. The van der Waals surface area contributed by atoms with Crippen molar-refractivity contribution in [3.05, 3.63) is 32.8 Å². The molecule has 1 aromatic carbocycles. The van der Waals surface area contributed by atoms with E-state index in [4.69, 9.17) is 4.74 Å². The van der Waals surface area contributed by atoms with Gasteiger partial charge in [-0.05, 0) is 22.0 Å². The molecule has 0 amide bonds.